The highest BCUT2D eigenvalue weighted by Gasteiger charge is 2.13. The minimum atomic E-state index is -0.352. The van der Waals surface area contributed by atoms with Crippen LogP contribution in [0.1, 0.15) is 13.3 Å². The van der Waals surface area contributed by atoms with E-state index in [1.807, 2.05) is 0 Å². The van der Waals surface area contributed by atoms with Gasteiger partial charge in [0.1, 0.15) is 4.70 Å². The number of rotatable bonds is 3. The fourth-order valence-electron chi connectivity index (χ4n) is 1.54. The molecule has 2 aromatic heterocycles. The molecule has 6 nitrogen and oxygen atoms in total. The molecule has 0 bridgehead atoms. The lowest BCUT2D eigenvalue weighted by Crippen LogP contribution is -2.36. The molecule has 2 heterocycles. The molecule has 0 aromatic carbocycles. The predicted octanol–water partition coefficient (Wildman–Crippen LogP) is 0.516. The van der Waals surface area contributed by atoms with Crippen molar-refractivity contribution in [3.63, 3.8) is 0 Å². The maximum atomic E-state index is 11.9. The molecule has 0 unspecified atom stereocenters. The molecular formula is C10H14N4O2S. The Labute approximate surface area is 102 Å². The van der Waals surface area contributed by atoms with Crippen LogP contribution in [0.5, 0.6) is 0 Å². The summed E-state index contributed by atoms with van der Waals surface area (Å²) in [5, 5.41) is 3.80. The van der Waals surface area contributed by atoms with E-state index < -0.39 is 0 Å². The van der Waals surface area contributed by atoms with E-state index in [-0.39, 0.29) is 11.2 Å². The largest absolute Gasteiger partial charge is 0.361 e. The molecule has 0 aliphatic heterocycles. The Balaban J connectivity index is 2.69. The Kier molecular flexibility index (Phi) is 3.01. The molecule has 0 saturated carbocycles. The summed E-state index contributed by atoms with van der Waals surface area (Å²) in [6, 6.07) is 0. The fraction of sp³-hybridized carbons (Fsp3) is 0.500. The van der Waals surface area contributed by atoms with Crippen LogP contribution < -0.4 is 16.6 Å². The number of nitrogens with one attached hydrogen (secondary N) is 1. The van der Waals surface area contributed by atoms with Crippen molar-refractivity contribution < 1.29 is 0 Å². The number of hydrogen-bond acceptors (Lipinski definition) is 5. The van der Waals surface area contributed by atoms with E-state index in [0.717, 1.165) is 17.5 Å². The van der Waals surface area contributed by atoms with E-state index in [9.17, 15) is 9.59 Å². The van der Waals surface area contributed by atoms with E-state index in [4.69, 9.17) is 0 Å². The Morgan fingerprint density at radius 1 is 1.29 bits per heavy atom. The van der Waals surface area contributed by atoms with Gasteiger partial charge in [-0.2, -0.15) is 0 Å². The zero-order chi connectivity index (χ0) is 12.6. The summed E-state index contributed by atoms with van der Waals surface area (Å²) in [5.74, 6) is 0. The SMILES string of the molecule is CCCNc1nc2c(s1)c(=O)n(C)c(=O)n2C. The van der Waals surface area contributed by atoms with Crippen LogP contribution >= 0.6 is 11.3 Å². The highest BCUT2D eigenvalue weighted by molar-refractivity contribution is 7.22. The molecular weight excluding hydrogens is 240 g/mol. The second-order valence-corrected chi connectivity index (χ2v) is 4.80. The molecule has 2 rings (SSSR count). The summed E-state index contributed by atoms with van der Waals surface area (Å²) in [4.78, 5) is 27.8. The Morgan fingerprint density at radius 2 is 2.00 bits per heavy atom. The smallest absolute Gasteiger partial charge is 0.332 e. The molecule has 92 valence electrons. The third kappa shape index (κ3) is 1.86. The topological polar surface area (TPSA) is 68.9 Å². The van der Waals surface area contributed by atoms with Gasteiger partial charge in [-0.05, 0) is 6.42 Å². The van der Waals surface area contributed by atoms with Crippen LogP contribution in [0, 0.1) is 0 Å². The van der Waals surface area contributed by atoms with Crippen molar-refractivity contribution in [2.24, 2.45) is 14.1 Å². The van der Waals surface area contributed by atoms with E-state index in [2.05, 4.69) is 17.2 Å². The standard InChI is InChI=1S/C10H14N4O2S/c1-4-5-11-9-12-7-6(17-9)8(15)14(3)10(16)13(7)2/h4-5H2,1-3H3,(H,11,12). The lowest BCUT2D eigenvalue weighted by atomic mass is 10.5. The zero-order valence-corrected chi connectivity index (χ0v) is 10.8. The summed E-state index contributed by atoms with van der Waals surface area (Å²) < 4.78 is 3.00. The van der Waals surface area contributed by atoms with Crippen LogP contribution in [0.25, 0.3) is 10.3 Å². The van der Waals surface area contributed by atoms with Gasteiger partial charge in [-0.1, -0.05) is 18.3 Å². The van der Waals surface area contributed by atoms with Crippen molar-refractivity contribution in [1.29, 1.82) is 0 Å². The molecule has 0 radical (unpaired) electrons. The van der Waals surface area contributed by atoms with Gasteiger partial charge in [0.2, 0.25) is 0 Å². The van der Waals surface area contributed by atoms with Gasteiger partial charge in [0.05, 0.1) is 0 Å². The van der Waals surface area contributed by atoms with Gasteiger partial charge < -0.3 is 5.32 Å². The first kappa shape index (κ1) is 11.8. The van der Waals surface area contributed by atoms with Gasteiger partial charge in [-0.3, -0.25) is 13.9 Å². The number of thiazole rings is 1. The zero-order valence-electron chi connectivity index (χ0n) is 9.98. The Morgan fingerprint density at radius 3 is 2.65 bits per heavy atom. The molecule has 17 heavy (non-hydrogen) atoms. The van der Waals surface area contributed by atoms with Crippen molar-refractivity contribution in [3.05, 3.63) is 20.8 Å². The quantitative estimate of drug-likeness (QED) is 0.866. The molecule has 0 atom stereocenters. The maximum Gasteiger partial charge on any atom is 0.332 e. The summed E-state index contributed by atoms with van der Waals surface area (Å²) in [6.07, 6.45) is 0.979. The summed E-state index contributed by atoms with van der Waals surface area (Å²) >= 11 is 1.29. The lowest BCUT2D eigenvalue weighted by Gasteiger charge is -2.00. The molecule has 0 fully saturated rings. The van der Waals surface area contributed by atoms with Gasteiger partial charge in [-0.25, -0.2) is 9.78 Å². The third-order valence-corrected chi connectivity index (χ3v) is 3.52. The second kappa shape index (κ2) is 4.33. The molecule has 2 aromatic rings. The van der Waals surface area contributed by atoms with Crippen molar-refractivity contribution in [1.82, 2.24) is 14.1 Å². The summed E-state index contributed by atoms with van der Waals surface area (Å²) in [5.41, 5.74) is -0.193. The van der Waals surface area contributed by atoms with E-state index >= 15 is 0 Å². The Bertz CT molecular complexity index is 667. The Hall–Kier alpha value is -1.63. The number of fused-ring (bicyclic) bond motifs is 1. The maximum absolute atomic E-state index is 11.9. The van der Waals surface area contributed by atoms with Crippen LogP contribution in [-0.2, 0) is 14.1 Å². The molecule has 0 aliphatic rings. The highest BCUT2D eigenvalue weighted by atomic mass is 32.1. The van der Waals surface area contributed by atoms with Crippen molar-refractivity contribution in [2.75, 3.05) is 11.9 Å². The van der Waals surface area contributed by atoms with E-state index in [1.54, 1.807) is 7.05 Å². The van der Waals surface area contributed by atoms with E-state index in [1.165, 1.54) is 23.0 Å². The fourth-order valence-corrected chi connectivity index (χ4v) is 2.54. The van der Waals surface area contributed by atoms with Gasteiger partial charge in [-0.15, -0.1) is 0 Å². The first-order valence-electron chi connectivity index (χ1n) is 5.36. The number of aryl methyl sites for hydroxylation is 1. The predicted molar refractivity (Wildman–Crippen MR) is 68.9 cm³/mol. The average Bonchev–Trinajstić information content (AvgIpc) is 2.75. The normalized spacial score (nSPS) is 11.0. The second-order valence-electron chi connectivity index (χ2n) is 3.80. The average molecular weight is 254 g/mol. The van der Waals surface area contributed by atoms with Crippen molar-refractivity contribution in [2.45, 2.75) is 13.3 Å². The summed E-state index contributed by atoms with van der Waals surface area (Å²) in [7, 11) is 3.09. The molecule has 0 spiro atoms. The van der Waals surface area contributed by atoms with Gasteiger partial charge >= 0.3 is 5.69 Å². The number of hydrogen-bond donors (Lipinski definition) is 1. The van der Waals surface area contributed by atoms with Gasteiger partial charge in [0, 0.05) is 20.6 Å². The number of nitrogens with zero attached hydrogens (tertiary/aromatic N) is 3. The van der Waals surface area contributed by atoms with Crippen LogP contribution in [0.4, 0.5) is 5.13 Å². The lowest BCUT2D eigenvalue weighted by molar-refractivity contribution is 0.710. The van der Waals surface area contributed by atoms with Gasteiger partial charge in [0.25, 0.3) is 5.56 Å². The minimum Gasteiger partial charge on any atom is -0.361 e. The number of anilines is 1. The molecule has 1 N–H and O–H groups in total. The number of aromatic nitrogens is 3. The van der Waals surface area contributed by atoms with Crippen molar-refractivity contribution in [3.8, 4) is 0 Å². The molecule has 0 aliphatic carbocycles. The molecule has 7 heteroatoms. The van der Waals surface area contributed by atoms with E-state index in [0.29, 0.717) is 15.5 Å². The van der Waals surface area contributed by atoms with Crippen LogP contribution in [0.2, 0.25) is 0 Å². The summed E-state index contributed by atoms with van der Waals surface area (Å²) in [6.45, 7) is 2.85. The van der Waals surface area contributed by atoms with Gasteiger partial charge in [0.15, 0.2) is 10.8 Å². The van der Waals surface area contributed by atoms with Crippen LogP contribution in [0.3, 0.4) is 0 Å². The highest BCUT2D eigenvalue weighted by Crippen LogP contribution is 2.21. The first-order valence-corrected chi connectivity index (χ1v) is 6.18. The molecule has 0 amide bonds. The minimum absolute atomic E-state index is 0.287. The van der Waals surface area contributed by atoms with Crippen LogP contribution in [-0.4, -0.2) is 20.7 Å². The van der Waals surface area contributed by atoms with Crippen molar-refractivity contribution >= 4 is 26.8 Å². The monoisotopic (exact) mass is 254 g/mol. The van der Waals surface area contributed by atoms with Crippen LogP contribution in [0.15, 0.2) is 9.59 Å². The third-order valence-electron chi connectivity index (χ3n) is 2.53. The molecule has 0 saturated heterocycles. The first-order chi connectivity index (χ1) is 8.06.